The molecule has 0 saturated carbocycles. The first-order valence-electron chi connectivity index (χ1n) is 5.26. The highest BCUT2D eigenvalue weighted by atomic mass is 32.2. The second-order valence-electron chi connectivity index (χ2n) is 3.63. The number of aromatic nitrogens is 2. The lowest BCUT2D eigenvalue weighted by atomic mass is 10.2. The zero-order valence-electron chi connectivity index (χ0n) is 9.88. The molecule has 2 aromatic rings. The van der Waals surface area contributed by atoms with Crippen molar-refractivity contribution in [2.45, 2.75) is 16.3 Å². The van der Waals surface area contributed by atoms with Crippen molar-refractivity contribution in [2.75, 3.05) is 7.11 Å². The molecule has 0 atom stereocenters. The van der Waals surface area contributed by atoms with Gasteiger partial charge >= 0.3 is 0 Å². The molecule has 0 saturated heterocycles. The molecular weight excluding hydrogens is 234 g/mol. The Kier molecular flexibility index (Phi) is 3.71. The van der Waals surface area contributed by atoms with Gasteiger partial charge in [-0.25, -0.2) is 0 Å². The summed E-state index contributed by atoms with van der Waals surface area (Å²) in [4.78, 5) is 2.20. The second kappa shape index (κ2) is 5.25. The number of methoxy groups -OCH3 is 1. The molecule has 0 radical (unpaired) electrons. The maximum atomic E-state index is 5.73. The molecule has 0 aliphatic heterocycles. The predicted molar refractivity (Wildman–Crippen MR) is 68.2 cm³/mol. The standard InChI is InChI=1S/C12H15N3OS/c1-15-8-11(7-14-15)17-12-5-10(16-2)4-3-9(12)6-13/h3-5,7-8H,6,13H2,1-2H3. The quantitative estimate of drug-likeness (QED) is 0.901. The average molecular weight is 249 g/mol. The van der Waals surface area contributed by atoms with E-state index < -0.39 is 0 Å². The number of hydrogen-bond acceptors (Lipinski definition) is 4. The van der Waals surface area contributed by atoms with E-state index in [9.17, 15) is 0 Å². The van der Waals surface area contributed by atoms with E-state index >= 15 is 0 Å². The van der Waals surface area contributed by atoms with Crippen LogP contribution in [0.15, 0.2) is 40.4 Å². The van der Waals surface area contributed by atoms with Crippen molar-refractivity contribution >= 4 is 11.8 Å². The summed E-state index contributed by atoms with van der Waals surface area (Å²) < 4.78 is 7.00. The summed E-state index contributed by atoms with van der Waals surface area (Å²) in [5.74, 6) is 0.841. The number of benzene rings is 1. The molecule has 17 heavy (non-hydrogen) atoms. The van der Waals surface area contributed by atoms with Gasteiger partial charge in [-0.05, 0) is 17.7 Å². The number of rotatable bonds is 4. The van der Waals surface area contributed by atoms with Crippen LogP contribution in [0.2, 0.25) is 0 Å². The molecule has 0 aliphatic carbocycles. The number of nitrogens with zero attached hydrogens (tertiary/aromatic N) is 2. The number of aryl methyl sites for hydroxylation is 1. The summed E-state index contributed by atoms with van der Waals surface area (Å²) in [6.45, 7) is 0.520. The molecule has 90 valence electrons. The van der Waals surface area contributed by atoms with E-state index in [1.165, 1.54) is 0 Å². The molecule has 1 aromatic carbocycles. The van der Waals surface area contributed by atoms with Crippen LogP contribution in [-0.2, 0) is 13.6 Å². The lowest BCUT2D eigenvalue weighted by Gasteiger charge is -2.08. The predicted octanol–water partition coefficient (Wildman–Crippen LogP) is 2.04. The Balaban J connectivity index is 2.29. The lowest BCUT2D eigenvalue weighted by molar-refractivity contribution is 0.413. The molecular formula is C12H15N3OS. The minimum Gasteiger partial charge on any atom is -0.497 e. The smallest absolute Gasteiger partial charge is 0.120 e. The molecule has 0 bridgehead atoms. The van der Waals surface area contributed by atoms with Crippen molar-refractivity contribution in [3.05, 3.63) is 36.2 Å². The maximum absolute atomic E-state index is 5.73. The van der Waals surface area contributed by atoms with Gasteiger partial charge in [-0.15, -0.1) is 0 Å². The van der Waals surface area contributed by atoms with Gasteiger partial charge in [0, 0.05) is 24.7 Å². The zero-order chi connectivity index (χ0) is 12.3. The maximum Gasteiger partial charge on any atom is 0.120 e. The number of nitrogens with two attached hydrogens (primary N) is 1. The van der Waals surface area contributed by atoms with Gasteiger partial charge in [-0.1, -0.05) is 17.8 Å². The Bertz CT molecular complexity index is 510. The van der Waals surface area contributed by atoms with Crippen LogP contribution < -0.4 is 10.5 Å². The molecule has 0 fully saturated rings. The summed E-state index contributed by atoms with van der Waals surface area (Å²) in [6, 6.07) is 5.92. The Labute approximate surface area is 105 Å². The molecule has 2 rings (SSSR count). The zero-order valence-corrected chi connectivity index (χ0v) is 10.7. The summed E-state index contributed by atoms with van der Waals surface area (Å²) in [7, 11) is 3.56. The van der Waals surface area contributed by atoms with Crippen LogP contribution in [0.25, 0.3) is 0 Å². The highest BCUT2D eigenvalue weighted by molar-refractivity contribution is 7.99. The minimum absolute atomic E-state index is 0.520. The topological polar surface area (TPSA) is 53.1 Å². The van der Waals surface area contributed by atoms with E-state index in [1.807, 2.05) is 37.6 Å². The summed E-state index contributed by atoms with van der Waals surface area (Å²) in [6.07, 6.45) is 3.81. The van der Waals surface area contributed by atoms with Gasteiger partial charge in [0.2, 0.25) is 0 Å². The van der Waals surface area contributed by atoms with Gasteiger partial charge < -0.3 is 10.5 Å². The van der Waals surface area contributed by atoms with Crippen molar-refractivity contribution in [3.8, 4) is 5.75 Å². The molecule has 1 heterocycles. The summed E-state index contributed by atoms with van der Waals surface area (Å²) in [5.41, 5.74) is 6.84. The van der Waals surface area contributed by atoms with Crippen LogP contribution in [0.4, 0.5) is 0 Å². The van der Waals surface area contributed by atoms with Gasteiger partial charge in [0.05, 0.1) is 18.2 Å². The minimum atomic E-state index is 0.520. The van der Waals surface area contributed by atoms with E-state index in [2.05, 4.69) is 5.10 Å². The number of hydrogen-bond donors (Lipinski definition) is 1. The highest BCUT2D eigenvalue weighted by Crippen LogP contribution is 2.32. The Morgan fingerprint density at radius 1 is 1.47 bits per heavy atom. The lowest BCUT2D eigenvalue weighted by Crippen LogP contribution is -1.98. The molecule has 2 N–H and O–H groups in total. The first-order chi connectivity index (χ1) is 8.22. The summed E-state index contributed by atoms with van der Waals surface area (Å²) in [5, 5.41) is 4.14. The molecule has 4 nitrogen and oxygen atoms in total. The van der Waals surface area contributed by atoms with E-state index in [0.717, 1.165) is 21.1 Å². The highest BCUT2D eigenvalue weighted by Gasteiger charge is 2.06. The molecule has 5 heteroatoms. The van der Waals surface area contributed by atoms with Crippen LogP contribution in [0.5, 0.6) is 5.75 Å². The van der Waals surface area contributed by atoms with Crippen molar-refractivity contribution < 1.29 is 4.74 Å². The van der Waals surface area contributed by atoms with E-state index in [1.54, 1.807) is 23.6 Å². The average Bonchev–Trinajstić information content (AvgIpc) is 2.74. The largest absolute Gasteiger partial charge is 0.497 e. The van der Waals surface area contributed by atoms with E-state index in [0.29, 0.717) is 6.54 Å². The molecule has 0 amide bonds. The first-order valence-corrected chi connectivity index (χ1v) is 6.08. The third-order valence-corrected chi connectivity index (χ3v) is 3.45. The fourth-order valence-corrected chi connectivity index (χ4v) is 2.52. The molecule has 0 aliphatic rings. The molecule has 1 aromatic heterocycles. The second-order valence-corrected chi connectivity index (χ2v) is 4.74. The third kappa shape index (κ3) is 2.81. The Hall–Kier alpha value is -1.46. The van der Waals surface area contributed by atoms with Crippen LogP contribution >= 0.6 is 11.8 Å². The monoisotopic (exact) mass is 249 g/mol. The van der Waals surface area contributed by atoms with Crippen molar-refractivity contribution in [2.24, 2.45) is 12.8 Å². The number of ether oxygens (including phenoxy) is 1. The van der Waals surface area contributed by atoms with E-state index in [-0.39, 0.29) is 0 Å². The SMILES string of the molecule is COc1ccc(CN)c(Sc2cnn(C)c2)c1. The van der Waals surface area contributed by atoms with Crippen LogP contribution in [-0.4, -0.2) is 16.9 Å². The van der Waals surface area contributed by atoms with Gasteiger partial charge in [-0.3, -0.25) is 4.68 Å². The van der Waals surface area contributed by atoms with Crippen molar-refractivity contribution in [1.82, 2.24) is 9.78 Å². The van der Waals surface area contributed by atoms with Crippen LogP contribution in [0.1, 0.15) is 5.56 Å². The van der Waals surface area contributed by atoms with Gasteiger partial charge in [0.1, 0.15) is 5.75 Å². The first kappa shape index (κ1) is 12.0. The molecule has 0 unspecified atom stereocenters. The van der Waals surface area contributed by atoms with Crippen LogP contribution in [0, 0.1) is 0 Å². The summed E-state index contributed by atoms with van der Waals surface area (Å²) >= 11 is 1.65. The Morgan fingerprint density at radius 3 is 2.88 bits per heavy atom. The van der Waals surface area contributed by atoms with Gasteiger partial charge in [0.15, 0.2) is 0 Å². The van der Waals surface area contributed by atoms with Crippen molar-refractivity contribution in [1.29, 1.82) is 0 Å². The van der Waals surface area contributed by atoms with Crippen LogP contribution in [0.3, 0.4) is 0 Å². The third-order valence-electron chi connectivity index (χ3n) is 2.40. The van der Waals surface area contributed by atoms with Gasteiger partial charge in [-0.2, -0.15) is 5.10 Å². The Morgan fingerprint density at radius 2 is 2.29 bits per heavy atom. The fourth-order valence-electron chi connectivity index (χ4n) is 1.50. The van der Waals surface area contributed by atoms with Crippen molar-refractivity contribution in [3.63, 3.8) is 0 Å². The van der Waals surface area contributed by atoms with Gasteiger partial charge in [0.25, 0.3) is 0 Å². The van der Waals surface area contributed by atoms with E-state index in [4.69, 9.17) is 10.5 Å². The fraction of sp³-hybridized carbons (Fsp3) is 0.250. The molecule has 0 spiro atoms. The normalized spacial score (nSPS) is 10.5.